The molecule has 0 aromatic heterocycles. The first kappa shape index (κ1) is 26.1. The topological polar surface area (TPSA) is 26.3 Å². The van der Waals surface area contributed by atoms with Crippen molar-refractivity contribution in [2.75, 3.05) is 6.61 Å². The fourth-order valence-corrected chi connectivity index (χ4v) is 6.00. The third kappa shape index (κ3) is 6.54. The molecule has 3 rings (SSSR count). The number of rotatable bonds is 11. The second-order valence-corrected chi connectivity index (χ2v) is 10.6. The van der Waals surface area contributed by atoms with Crippen LogP contribution >= 0.6 is 0 Å². The van der Waals surface area contributed by atoms with Gasteiger partial charge in [-0.2, -0.15) is 0 Å². The third-order valence-corrected chi connectivity index (χ3v) is 8.12. The molecule has 2 aliphatic rings. The molecule has 0 unspecified atom stereocenters. The highest BCUT2D eigenvalue weighted by molar-refractivity contribution is 5.83. The Labute approximate surface area is 197 Å². The van der Waals surface area contributed by atoms with Crippen LogP contribution in [-0.4, -0.2) is 12.6 Å². The summed E-state index contributed by atoms with van der Waals surface area (Å²) in [6.07, 6.45) is 17.7. The maximum absolute atomic E-state index is 14.0. The second kappa shape index (κ2) is 12.3. The van der Waals surface area contributed by atoms with E-state index in [1.807, 2.05) is 0 Å². The van der Waals surface area contributed by atoms with Crippen molar-refractivity contribution in [2.45, 2.75) is 121 Å². The molecular weight excluding hydrogens is 425 g/mol. The SMILES string of the molecule is CCCCCCCCC1(COC(=O)C2(c3cc(F)c(F)c(F)c3)CCCCC2)CCCCC1. The van der Waals surface area contributed by atoms with Crippen LogP contribution in [0.15, 0.2) is 12.1 Å². The summed E-state index contributed by atoms with van der Waals surface area (Å²) in [6.45, 7) is 2.61. The number of hydrogen-bond acceptors (Lipinski definition) is 2. The van der Waals surface area contributed by atoms with E-state index in [1.54, 1.807) is 0 Å². The second-order valence-electron chi connectivity index (χ2n) is 10.6. The quantitative estimate of drug-likeness (QED) is 0.185. The lowest BCUT2D eigenvalue weighted by atomic mass is 9.69. The van der Waals surface area contributed by atoms with E-state index >= 15 is 0 Å². The normalized spacial score (nSPS) is 19.9. The van der Waals surface area contributed by atoms with Gasteiger partial charge in [0.1, 0.15) is 0 Å². The Kier molecular flexibility index (Phi) is 9.69. The Hall–Kier alpha value is -1.52. The van der Waals surface area contributed by atoms with Crippen LogP contribution in [-0.2, 0) is 14.9 Å². The minimum Gasteiger partial charge on any atom is -0.464 e. The molecule has 2 aliphatic carbocycles. The summed E-state index contributed by atoms with van der Waals surface area (Å²) in [4.78, 5) is 13.5. The number of esters is 1. The zero-order chi connectivity index (χ0) is 23.7. The summed E-state index contributed by atoms with van der Waals surface area (Å²) in [5.74, 6) is -4.36. The minimum atomic E-state index is -1.49. The summed E-state index contributed by atoms with van der Waals surface area (Å²) in [5.41, 5.74) is -0.838. The molecule has 0 aliphatic heterocycles. The maximum atomic E-state index is 14.0. The zero-order valence-corrected chi connectivity index (χ0v) is 20.3. The summed E-state index contributed by atoms with van der Waals surface area (Å²) in [5, 5.41) is 0. The van der Waals surface area contributed by atoms with E-state index in [0.29, 0.717) is 19.4 Å². The van der Waals surface area contributed by atoms with Gasteiger partial charge < -0.3 is 4.74 Å². The summed E-state index contributed by atoms with van der Waals surface area (Å²) < 4.78 is 47.7. The van der Waals surface area contributed by atoms with Gasteiger partial charge in [-0.05, 0) is 49.8 Å². The van der Waals surface area contributed by atoms with Gasteiger partial charge in [0.25, 0.3) is 0 Å². The molecule has 0 atom stereocenters. The molecule has 0 N–H and O–H groups in total. The van der Waals surface area contributed by atoms with E-state index in [4.69, 9.17) is 4.74 Å². The fraction of sp³-hybridized carbons (Fsp3) is 0.750. The van der Waals surface area contributed by atoms with Crippen LogP contribution in [0, 0.1) is 22.9 Å². The molecular formula is C28H41F3O2. The highest BCUT2D eigenvalue weighted by Crippen LogP contribution is 2.44. The Morgan fingerprint density at radius 3 is 1.97 bits per heavy atom. The van der Waals surface area contributed by atoms with Crippen LogP contribution in [0.3, 0.4) is 0 Å². The van der Waals surface area contributed by atoms with Gasteiger partial charge in [0.2, 0.25) is 0 Å². The van der Waals surface area contributed by atoms with Gasteiger partial charge >= 0.3 is 5.97 Å². The van der Waals surface area contributed by atoms with Crippen LogP contribution in [0.2, 0.25) is 0 Å². The van der Waals surface area contributed by atoms with Gasteiger partial charge in [0.15, 0.2) is 17.5 Å². The number of hydrogen-bond donors (Lipinski definition) is 0. The summed E-state index contributed by atoms with van der Waals surface area (Å²) in [6, 6.07) is 2.00. The van der Waals surface area contributed by atoms with E-state index < -0.39 is 22.9 Å². The van der Waals surface area contributed by atoms with Gasteiger partial charge in [0.05, 0.1) is 12.0 Å². The van der Waals surface area contributed by atoms with Crippen molar-refractivity contribution in [2.24, 2.45) is 5.41 Å². The van der Waals surface area contributed by atoms with Crippen LogP contribution in [0.4, 0.5) is 13.2 Å². The van der Waals surface area contributed by atoms with Crippen LogP contribution in [0.5, 0.6) is 0 Å². The van der Waals surface area contributed by atoms with Crippen molar-refractivity contribution >= 4 is 5.97 Å². The molecule has 0 heterocycles. The number of benzene rings is 1. The predicted octanol–water partition coefficient (Wildman–Crippen LogP) is 8.55. The Balaban J connectivity index is 1.70. The average molecular weight is 467 g/mol. The average Bonchev–Trinajstić information content (AvgIpc) is 2.84. The van der Waals surface area contributed by atoms with E-state index in [-0.39, 0.29) is 16.9 Å². The Morgan fingerprint density at radius 2 is 1.36 bits per heavy atom. The maximum Gasteiger partial charge on any atom is 0.316 e. The number of carbonyl (C=O) groups is 1. The minimum absolute atomic E-state index is 0.0216. The molecule has 2 saturated carbocycles. The van der Waals surface area contributed by atoms with Crippen molar-refractivity contribution in [3.63, 3.8) is 0 Å². The van der Waals surface area contributed by atoms with Crippen LogP contribution < -0.4 is 0 Å². The smallest absolute Gasteiger partial charge is 0.316 e. The number of ether oxygens (including phenoxy) is 1. The van der Waals surface area contributed by atoms with Crippen molar-refractivity contribution in [1.29, 1.82) is 0 Å². The standard InChI is InChI=1S/C28H41F3O2/c1-2-3-4-5-6-9-14-27(15-10-7-11-16-27)21-33-26(32)28(17-12-8-13-18-28)22-19-23(29)25(31)24(30)20-22/h19-20H,2-18,21H2,1H3. The van der Waals surface area contributed by atoms with Crippen molar-refractivity contribution in [1.82, 2.24) is 0 Å². The van der Waals surface area contributed by atoms with Gasteiger partial charge in [-0.1, -0.05) is 84.0 Å². The first-order chi connectivity index (χ1) is 15.9. The molecule has 0 spiro atoms. The molecule has 0 bridgehead atoms. The third-order valence-electron chi connectivity index (χ3n) is 8.12. The molecule has 33 heavy (non-hydrogen) atoms. The van der Waals surface area contributed by atoms with Crippen molar-refractivity contribution in [3.8, 4) is 0 Å². The number of unbranched alkanes of at least 4 members (excludes halogenated alkanes) is 5. The van der Waals surface area contributed by atoms with Crippen LogP contribution in [0.1, 0.15) is 122 Å². The molecule has 2 nitrogen and oxygen atoms in total. The first-order valence-electron chi connectivity index (χ1n) is 13.2. The van der Waals surface area contributed by atoms with E-state index in [2.05, 4.69) is 6.92 Å². The fourth-order valence-electron chi connectivity index (χ4n) is 6.00. The molecule has 5 heteroatoms. The van der Waals surface area contributed by atoms with Gasteiger partial charge in [-0.25, -0.2) is 13.2 Å². The van der Waals surface area contributed by atoms with Crippen molar-refractivity contribution < 1.29 is 22.7 Å². The van der Waals surface area contributed by atoms with Gasteiger partial charge in [0, 0.05) is 5.41 Å². The summed E-state index contributed by atoms with van der Waals surface area (Å²) >= 11 is 0. The Morgan fingerprint density at radius 1 is 0.818 bits per heavy atom. The van der Waals surface area contributed by atoms with Gasteiger partial charge in [-0.3, -0.25) is 4.79 Å². The molecule has 0 radical (unpaired) electrons. The molecule has 2 fully saturated rings. The van der Waals surface area contributed by atoms with E-state index in [1.165, 1.54) is 38.5 Å². The lowest BCUT2D eigenvalue weighted by Crippen LogP contribution is -2.42. The van der Waals surface area contributed by atoms with Crippen LogP contribution in [0.25, 0.3) is 0 Å². The molecule has 186 valence electrons. The summed E-state index contributed by atoms with van der Waals surface area (Å²) in [7, 11) is 0. The van der Waals surface area contributed by atoms with Gasteiger partial charge in [-0.15, -0.1) is 0 Å². The number of carbonyl (C=O) groups excluding carboxylic acids is 1. The van der Waals surface area contributed by atoms with E-state index in [0.717, 1.165) is 69.9 Å². The molecule has 1 aromatic rings. The largest absolute Gasteiger partial charge is 0.464 e. The molecule has 1 aromatic carbocycles. The monoisotopic (exact) mass is 466 g/mol. The van der Waals surface area contributed by atoms with E-state index in [9.17, 15) is 18.0 Å². The lowest BCUT2D eigenvalue weighted by molar-refractivity contribution is -0.157. The first-order valence-corrected chi connectivity index (χ1v) is 13.2. The van der Waals surface area contributed by atoms with Crippen molar-refractivity contribution in [3.05, 3.63) is 35.1 Å². The highest BCUT2D eigenvalue weighted by Gasteiger charge is 2.45. The zero-order valence-electron chi connectivity index (χ0n) is 20.3. The Bertz CT molecular complexity index is 741. The lowest BCUT2D eigenvalue weighted by Gasteiger charge is -2.40. The molecule has 0 amide bonds. The molecule has 0 saturated heterocycles. The highest BCUT2D eigenvalue weighted by atomic mass is 19.2. The predicted molar refractivity (Wildman–Crippen MR) is 126 cm³/mol. The number of halogens is 3.